The van der Waals surface area contributed by atoms with Crippen LogP contribution in [0.1, 0.15) is 41.9 Å². The average Bonchev–Trinajstić information content (AvgIpc) is 3.43. The van der Waals surface area contributed by atoms with E-state index in [0.29, 0.717) is 37.7 Å². The first-order chi connectivity index (χ1) is 15.6. The minimum Gasteiger partial charge on any atom is -0.493 e. The molecule has 0 unspecified atom stereocenters. The van der Waals surface area contributed by atoms with E-state index >= 15 is 0 Å². The predicted molar refractivity (Wildman–Crippen MR) is 128 cm³/mol. The Bertz CT molecular complexity index is 1100. The summed E-state index contributed by atoms with van der Waals surface area (Å²) in [4.78, 5) is 14.3. The van der Waals surface area contributed by atoms with E-state index in [1.807, 2.05) is 19.9 Å². The van der Waals surface area contributed by atoms with Crippen molar-refractivity contribution >= 4 is 17.3 Å². The third-order valence-electron chi connectivity index (χ3n) is 5.78. The Morgan fingerprint density at radius 2 is 2.06 bits per heavy atom. The number of aromatic nitrogens is 1. The minimum atomic E-state index is -0.273. The van der Waals surface area contributed by atoms with Crippen LogP contribution in [0.3, 0.4) is 0 Å². The molecule has 1 aromatic carbocycles. The quantitative estimate of drug-likeness (QED) is 0.465. The van der Waals surface area contributed by atoms with Crippen molar-refractivity contribution in [2.24, 2.45) is 5.73 Å². The standard InChI is InChI=1S/C25H30N2O4S/c1-4-30-20-15-18-16(14-19(20)29-3)10-12-27-23(18)22(21-9-7-13-32-21)17(8-6-11-26)24(27)25(28)31-5-2/h7,9,13-15H,4-6,8,10-12,26H2,1-3H3. The number of nitrogens with zero attached hydrogens (tertiary/aromatic N) is 1. The fourth-order valence-electron chi connectivity index (χ4n) is 4.51. The molecular formula is C25H30N2O4S. The zero-order valence-electron chi connectivity index (χ0n) is 18.9. The molecule has 0 amide bonds. The molecule has 6 nitrogen and oxygen atoms in total. The molecule has 3 heterocycles. The second-order valence-electron chi connectivity index (χ2n) is 7.64. The van der Waals surface area contributed by atoms with Gasteiger partial charge in [-0.05, 0) is 74.4 Å². The third-order valence-corrected chi connectivity index (χ3v) is 6.67. The van der Waals surface area contributed by atoms with Gasteiger partial charge in [0.15, 0.2) is 11.5 Å². The minimum absolute atomic E-state index is 0.273. The number of benzene rings is 1. The lowest BCUT2D eigenvalue weighted by Gasteiger charge is -2.24. The van der Waals surface area contributed by atoms with E-state index in [0.717, 1.165) is 52.3 Å². The van der Waals surface area contributed by atoms with E-state index < -0.39 is 0 Å². The first kappa shape index (κ1) is 22.4. The number of hydrogen-bond donors (Lipinski definition) is 1. The summed E-state index contributed by atoms with van der Waals surface area (Å²) in [5.74, 6) is 1.17. The zero-order valence-corrected chi connectivity index (χ0v) is 19.7. The van der Waals surface area contributed by atoms with Gasteiger partial charge < -0.3 is 24.5 Å². The molecule has 0 aliphatic carbocycles. The van der Waals surface area contributed by atoms with Crippen molar-refractivity contribution in [3.8, 4) is 33.2 Å². The Balaban J connectivity index is 2.03. The van der Waals surface area contributed by atoms with Crippen molar-refractivity contribution in [1.29, 1.82) is 0 Å². The lowest BCUT2D eigenvalue weighted by molar-refractivity contribution is 0.0512. The fourth-order valence-corrected chi connectivity index (χ4v) is 5.30. The molecule has 170 valence electrons. The summed E-state index contributed by atoms with van der Waals surface area (Å²) in [5, 5.41) is 2.07. The molecule has 0 radical (unpaired) electrons. The van der Waals surface area contributed by atoms with Crippen molar-refractivity contribution < 1.29 is 19.0 Å². The Kier molecular flexibility index (Phi) is 6.86. The predicted octanol–water partition coefficient (Wildman–Crippen LogP) is 4.92. The molecule has 2 aromatic heterocycles. The van der Waals surface area contributed by atoms with E-state index in [1.54, 1.807) is 18.4 Å². The lowest BCUT2D eigenvalue weighted by Crippen LogP contribution is -2.19. The van der Waals surface area contributed by atoms with Gasteiger partial charge in [0.05, 0.1) is 26.0 Å². The highest BCUT2D eigenvalue weighted by molar-refractivity contribution is 7.13. The fraction of sp³-hybridized carbons (Fsp3) is 0.400. The summed E-state index contributed by atoms with van der Waals surface area (Å²) in [6, 6.07) is 8.28. The van der Waals surface area contributed by atoms with Crippen LogP contribution in [0, 0.1) is 0 Å². The van der Waals surface area contributed by atoms with Gasteiger partial charge in [-0.15, -0.1) is 11.3 Å². The molecule has 0 atom stereocenters. The summed E-state index contributed by atoms with van der Waals surface area (Å²) >= 11 is 1.68. The van der Waals surface area contributed by atoms with E-state index in [2.05, 4.69) is 28.1 Å². The molecule has 2 N–H and O–H groups in total. The second kappa shape index (κ2) is 9.79. The molecule has 1 aliphatic heterocycles. The van der Waals surface area contributed by atoms with Gasteiger partial charge in [-0.1, -0.05) is 6.07 Å². The van der Waals surface area contributed by atoms with E-state index in [-0.39, 0.29) is 5.97 Å². The van der Waals surface area contributed by atoms with Crippen molar-refractivity contribution in [3.63, 3.8) is 0 Å². The molecule has 4 rings (SSSR count). The van der Waals surface area contributed by atoms with Crippen LogP contribution < -0.4 is 15.2 Å². The van der Waals surface area contributed by atoms with Gasteiger partial charge in [0.1, 0.15) is 5.69 Å². The SMILES string of the molecule is CCOC(=O)c1c(CCCN)c(-c2cccs2)c2n1CCc1cc(OC)c(OCC)cc1-2. The summed E-state index contributed by atoms with van der Waals surface area (Å²) in [7, 11) is 1.66. The molecule has 0 saturated heterocycles. The summed E-state index contributed by atoms with van der Waals surface area (Å²) in [6.45, 7) is 5.95. The zero-order chi connectivity index (χ0) is 22.7. The lowest BCUT2D eigenvalue weighted by atomic mass is 9.93. The van der Waals surface area contributed by atoms with Crippen LogP contribution in [0.15, 0.2) is 29.6 Å². The largest absolute Gasteiger partial charge is 0.493 e. The third kappa shape index (κ3) is 3.91. The number of fused-ring (bicyclic) bond motifs is 3. The van der Waals surface area contributed by atoms with Crippen molar-refractivity contribution in [1.82, 2.24) is 4.57 Å². The van der Waals surface area contributed by atoms with E-state index in [1.165, 1.54) is 5.56 Å². The summed E-state index contributed by atoms with van der Waals surface area (Å²) < 4.78 is 19.1. The van der Waals surface area contributed by atoms with Crippen LogP contribution in [-0.2, 0) is 24.1 Å². The van der Waals surface area contributed by atoms with Gasteiger partial charge in [0, 0.05) is 22.5 Å². The monoisotopic (exact) mass is 454 g/mol. The molecule has 0 fully saturated rings. The normalized spacial score (nSPS) is 12.2. The Morgan fingerprint density at radius 1 is 1.22 bits per heavy atom. The van der Waals surface area contributed by atoms with Gasteiger partial charge in [-0.2, -0.15) is 0 Å². The highest BCUT2D eigenvalue weighted by atomic mass is 32.1. The van der Waals surface area contributed by atoms with Gasteiger partial charge in [-0.25, -0.2) is 4.79 Å². The number of thiophene rings is 1. The molecule has 0 saturated carbocycles. The maximum Gasteiger partial charge on any atom is 0.355 e. The van der Waals surface area contributed by atoms with Crippen LogP contribution >= 0.6 is 11.3 Å². The molecule has 1 aliphatic rings. The number of ether oxygens (including phenoxy) is 3. The number of carbonyl (C=O) groups excluding carboxylic acids is 1. The Morgan fingerprint density at radius 3 is 2.72 bits per heavy atom. The van der Waals surface area contributed by atoms with Crippen LogP contribution in [-0.4, -0.2) is 37.4 Å². The molecular weight excluding hydrogens is 424 g/mol. The number of carbonyl (C=O) groups is 1. The second-order valence-corrected chi connectivity index (χ2v) is 8.58. The smallest absolute Gasteiger partial charge is 0.355 e. The van der Waals surface area contributed by atoms with Crippen molar-refractivity contribution in [3.05, 3.63) is 46.5 Å². The van der Waals surface area contributed by atoms with Gasteiger partial charge in [0.25, 0.3) is 0 Å². The summed E-state index contributed by atoms with van der Waals surface area (Å²) in [6.07, 6.45) is 2.32. The van der Waals surface area contributed by atoms with Crippen LogP contribution in [0.4, 0.5) is 0 Å². The first-order valence-corrected chi connectivity index (χ1v) is 12.0. The number of hydrogen-bond acceptors (Lipinski definition) is 6. The highest BCUT2D eigenvalue weighted by Gasteiger charge is 2.33. The number of rotatable bonds is 9. The number of aryl methyl sites for hydroxylation is 1. The molecule has 0 spiro atoms. The molecule has 32 heavy (non-hydrogen) atoms. The van der Waals surface area contributed by atoms with E-state index in [9.17, 15) is 4.79 Å². The Labute approximate surface area is 192 Å². The van der Waals surface area contributed by atoms with Crippen LogP contribution in [0.2, 0.25) is 0 Å². The van der Waals surface area contributed by atoms with Gasteiger partial charge >= 0.3 is 5.97 Å². The topological polar surface area (TPSA) is 75.7 Å². The van der Waals surface area contributed by atoms with Crippen molar-refractivity contribution in [2.45, 2.75) is 39.7 Å². The average molecular weight is 455 g/mol. The molecule has 0 bridgehead atoms. The summed E-state index contributed by atoms with van der Waals surface area (Å²) in [5.41, 5.74) is 12.0. The Hall–Kier alpha value is -2.77. The van der Waals surface area contributed by atoms with E-state index in [4.69, 9.17) is 19.9 Å². The maximum absolute atomic E-state index is 13.1. The maximum atomic E-state index is 13.1. The van der Waals surface area contributed by atoms with Crippen LogP contribution in [0.5, 0.6) is 11.5 Å². The number of esters is 1. The number of nitrogens with two attached hydrogens (primary N) is 1. The van der Waals surface area contributed by atoms with Gasteiger partial charge in [-0.3, -0.25) is 0 Å². The van der Waals surface area contributed by atoms with Crippen LogP contribution in [0.25, 0.3) is 21.7 Å². The highest BCUT2D eigenvalue weighted by Crippen LogP contribution is 2.47. The molecule has 3 aromatic rings. The first-order valence-electron chi connectivity index (χ1n) is 11.1. The molecule has 7 heteroatoms. The number of methoxy groups -OCH3 is 1. The van der Waals surface area contributed by atoms with Crippen molar-refractivity contribution in [2.75, 3.05) is 26.9 Å². The van der Waals surface area contributed by atoms with Gasteiger partial charge in [0.2, 0.25) is 0 Å².